The number of nitrogens with two attached hydrogens (primary N) is 1. The third-order valence-electron chi connectivity index (χ3n) is 3.11. The van der Waals surface area contributed by atoms with Crippen molar-refractivity contribution in [1.82, 2.24) is 5.43 Å². The first kappa shape index (κ1) is 12.5. The van der Waals surface area contributed by atoms with Crippen LogP contribution in [0, 0.1) is 6.92 Å². The topological polar surface area (TPSA) is 56.5 Å². The fraction of sp³-hybridized carbons (Fsp3) is 0.286. The molecule has 4 nitrogen and oxygen atoms in total. The van der Waals surface area contributed by atoms with Gasteiger partial charge in [0.25, 0.3) is 0 Å². The number of thiophene rings is 1. The van der Waals surface area contributed by atoms with Crippen molar-refractivity contribution >= 4 is 11.3 Å². The molecule has 3 rings (SSSR count). The standard InChI is InChI=1S/C14H16N2O2S/c1-9-2-5-13(19-9)14(16-15)10-3-4-11-12(8-10)18-7-6-17-11/h2-5,8,14,16H,6-7,15H2,1H3. The van der Waals surface area contributed by atoms with Gasteiger partial charge in [-0.3, -0.25) is 5.84 Å². The van der Waals surface area contributed by atoms with E-state index in [1.807, 2.05) is 18.2 Å². The zero-order valence-corrected chi connectivity index (χ0v) is 11.5. The summed E-state index contributed by atoms with van der Waals surface area (Å²) in [5.74, 6) is 7.30. The number of rotatable bonds is 3. The van der Waals surface area contributed by atoms with E-state index >= 15 is 0 Å². The number of aryl methyl sites for hydroxylation is 1. The normalized spacial score (nSPS) is 15.3. The second kappa shape index (κ2) is 5.21. The average molecular weight is 276 g/mol. The molecule has 3 N–H and O–H groups in total. The maximum atomic E-state index is 5.71. The summed E-state index contributed by atoms with van der Waals surface area (Å²) in [6, 6.07) is 10.1. The molecule has 0 amide bonds. The number of nitrogens with one attached hydrogen (secondary N) is 1. The average Bonchev–Trinajstić information content (AvgIpc) is 2.86. The van der Waals surface area contributed by atoms with Gasteiger partial charge in [-0.2, -0.15) is 0 Å². The highest BCUT2D eigenvalue weighted by molar-refractivity contribution is 7.12. The Hall–Kier alpha value is -1.56. The minimum Gasteiger partial charge on any atom is -0.486 e. The van der Waals surface area contributed by atoms with Crippen LogP contribution < -0.4 is 20.7 Å². The van der Waals surface area contributed by atoms with Crippen LogP contribution in [0.2, 0.25) is 0 Å². The lowest BCUT2D eigenvalue weighted by molar-refractivity contribution is 0.171. The number of fused-ring (bicyclic) bond motifs is 1. The molecule has 1 atom stereocenters. The molecule has 2 aromatic rings. The number of ether oxygens (including phenoxy) is 2. The SMILES string of the molecule is Cc1ccc(C(NN)c2ccc3c(c2)OCCO3)s1. The second-order valence-corrected chi connectivity index (χ2v) is 5.77. The summed E-state index contributed by atoms with van der Waals surface area (Å²) in [6.07, 6.45) is 0. The monoisotopic (exact) mass is 276 g/mol. The molecule has 0 saturated heterocycles. The van der Waals surface area contributed by atoms with Crippen LogP contribution in [0.15, 0.2) is 30.3 Å². The van der Waals surface area contributed by atoms with E-state index in [1.54, 1.807) is 11.3 Å². The van der Waals surface area contributed by atoms with E-state index in [2.05, 4.69) is 24.5 Å². The lowest BCUT2D eigenvalue weighted by atomic mass is 10.1. The third kappa shape index (κ3) is 2.45. The molecule has 1 aliphatic rings. The van der Waals surface area contributed by atoms with Crippen LogP contribution in [-0.2, 0) is 0 Å². The summed E-state index contributed by atoms with van der Waals surface area (Å²) in [6.45, 7) is 3.29. The lowest BCUT2D eigenvalue weighted by Crippen LogP contribution is -2.28. The Labute approximate surface area is 116 Å². The maximum Gasteiger partial charge on any atom is 0.161 e. The molecule has 0 bridgehead atoms. The first-order chi connectivity index (χ1) is 9.28. The third-order valence-corrected chi connectivity index (χ3v) is 4.18. The molecule has 100 valence electrons. The van der Waals surface area contributed by atoms with Crippen LogP contribution in [-0.4, -0.2) is 13.2 Å². The van der Waals surface area contributed by atoms with Gasteiger partial charge in [0.2, 0.25) is 0 Å². The lowest BCUT2D eigenvalue weighted by Gasteiger charge is -2.21. The van der Waals surface area contributed by atoms with E-state index < -0.39 is 0 Å². The van der Waals surface area contributed by atoms with Crippen molar-refractivity contribution < 1.29 is 9.47 Å². The van der Waals surface area contributed by atoms with Crippen molar-refractivity contribution in [2.75, 3.05) is 13.2 Å². The van der Waals surface area contributed by atoms with E-state index in [1.165, 1.54) is 9.75 Å². The van der Waals surface area contributed by atoms with Gasteiger partial charge >= 0.3 is 0 Å². The zero-order valence-electron chi connectivity index (χ0n) is 10.7. The summed E-state index contributed by atoms with van der Waals surface area (Å²) in [4.78, 5) is 2.46. The molecule has 0 radical (unpaired) electrons. The second-order valence-electron chi connectivity index (χ2n) is 4.45. The van der Waals surface area contributed by atoms with Crippen LogP contribution in [0.5, 0.6) is 11.5 Å². The predicted molar refractivity (Wildman–Crippen MR) is 75.7 cm³/mol. The Morgan fingerprint density at radius 3 is 2.63 bits per heavy atom. The fourth-order valence-corrected chi connectivity index (χ4v) is 3.16. The van der Waals surface area contributed by atoms with Crippen LogP contribution in [0.25, 0.3) is 0 Å². The summed E-state index contributed by atoms with van der Waals surface area (Å²) in [5, 5.41) is 0. The van der Waals surface area contributed by atoms with Gasteiger partial charge in [0, 0.05) is 9.75 Å². The van der Waals surface area contributed by atoms with Crippen molar-refractivity contribution in [3.8, 4) is 11.5 Å². The fourth-order valence-electron chi connectivity index (χ4n) is 2.19. The Bertz CT molecular complexity index is 583. The van der Waals surface area contributed by atoms with Crippen molar-refractivity contribution in [3.63, 3.8) is 0 Å². The molecule has 1 aliphatic heterocycles. The van der Waals surface area contributed by atoms with Crippen molar-refractivity contribution in [2.24, 2.45) is 5.84 Å². The number of hydrazine groups is 1. The minimum absolute atomic E-state index is 0.0190. The first-order valence-electron chi connectivity index (χ1n) is 6.20. The van der Waals surface area contributed by atoms with E-state index in [0.29, 0.717) is 13.2 Å². The van der Waals surface area contributed by atoms with Gasteiger partial charge < -0.3 is 9.47 Å². The molecular formula is C14H16N2O2S. The van der Waals surface area contributed by atoms with E-state index in [9.17, 15) is 0 Å². The van der Waals surface area contributed by atoms with Gasteiger partial charge in [0.05, 0.1) is 6.04 Å². The summed E-state index contributed by atoms with van der Waals surface area (Å²) < 4.78 is 11.1. The van der Waals surface area contributed by atoms with Gasteiger partial charge in [0.1, 0.15) is 13.2 Å². The number of benzene rings is 1. The van der Waals surface area contributed by atoms with Crippen LogP contribution in [0.4, 0.5) is 0 Å². The molecule has 1 aromatic carbocycles. The predicted octanol–water partition coefficient (Wildman–Crippen LogP) is 2.38. The molecule has 0 saturated carbocycles. The molecular weight excluding hydrogens is 260 g/mol. The van der Waals surface area contributed by atoms with Crippen LogP contribution in [0.3, 0.4) is 0 Å². The highest BCUT2D eigenvalue weighted by Gasteiger charge is 2.18. The molecule has 5 heteroatoms. The molecule has 19 heavy (non-hydrogen) atoms. The van der Waals surface area contributed by atoms with Gasteiger partial charge in [-0.05, 0) is 36.8 Å². The van der Waals surface area contributed by atoms with Crippen molar-refractivity contribution in [2.45, 2.75) is 13.0 Å². The molecule has 0 spiro atoms. The minimum atomic E-state index is -0.0190. The van der Waals surface area contributed by atoms with E-state index in [4.69, 9.17) is 15.3 Å². The smallest absolute Gasteiger partial charge is 0.161 e. The number of hydrogen-bond acceptors (Lipinski definition) is 5. The molecule has 1 unspecified atom stereocenters. The van der Waals surface area contributed by atoms with Crippen molar-refractivity contribution in [1.29, 1.82) is 0 Å². The zero-order chi connectivity index (χ0) is 13.2. The van der Waals surface area contributed by atoms with E-state index in [0.717, 1.165) is 17.1 Å². The van der Waals surface area contributed by atoms with Gasteiger partial charge in [-0.25, -0.2) is 5.43 Å². The molecule has 0 fully saturated rings. The highest BCUT2D eigenvalue weighted by Crippen LogP contribution is 2.35. The molecule has 0 aliphatic carbocycles. The number of hydrogen-bond donors (Lipinski definition) is 2. The molecule has 2 heterocycles. The van der Waals surface area contributed by atoms with E-state index in [-0.39, 0.29) is 6.04 Å². The highest BCUT2D eigenvalue weighted by atomic mass is 32.1. The maximum absolute atomic E-state index is 5.71. The Morgan fingerprint density at radius 2 is 1.95 bits per heavy atom. The largest absolute Gasteiger partial charge is 0.486 e. The van der Waals surface area contributed by atoms with Gasteiger partial charge in [0.15, 0.2) is 11.5 Å². The van der Waals surface area contributed by atoms with Gasteiger partial charge in [-0.15, -0.1) is 11.3 Å². The van der Waals surface area contributed by atoms with Crippen LogP contribution >= 0.6 is 11.3 Å². The first-order valence-corrected chi connectivity index (χ1v) is 7.01. The molecule has 1 aromatic heterocycles. The van der Waals surface area contributed by atoms with Crippen molar-refractivity contribution in [3.05, 3.63) is 45.6 Å². The summed E-state index contributed by atoms with van der Waals surface area (Å²) >= 11 is 1.74. The van der Waals surface area contributed by atoms with Crippen LogP contribution in [0.1, 0.15) is 21.4 Å². The van der Waals surface area contributed by atoms with Gasteiger partial charge in [-0.1, -0.05) is 6.07 Å². The Morgan fingerprint density at radius 1 is 1.16 bits per heavy atom. The summed E-state index contributed by atoms with van der Waals surface area (Å²) in [5.41, 5.74) is 3.95. The Kier molecular flexibility index (Phi) is 3.42. The summed E-state index contributed by atoms with van der Waals surface area (Å²) in [7, 11) is 0. The quantitative estimate of drug-likeness (QED) is 0.667. The Balaban J connectivity index is 1.95.